The van der Waals surface area contributed by atoms with E-state index in [2.05, 4.69) is 10.1 Å². The molecule has 0 unspecified atom stereocenters. The van der Waals surface area contributed by atoms with Gasteiger partial charge < -0.3 is 8.92 Å². The van der Waals surface area contributed by atoms with Crippen LogP contribution >= 0.6 is 0 Å². The third-order valence-corrected chi connectivity index (χ3v) is 2.70. The van der Waals surface area contributed by atoms with Crippen molar-refractivity contribution in [2.45, 2.75) is 13.8 Å². The number of nitrogens with zero attached hydrogens (tertiary/aromatic N) is 3. The molecular formula is C12H11N3O. The molecule has 0 fully saturated rings. The van der Waals surface area contributed by atoms with Gasteiger partial charge in [-0.2, -0.15) is 0 Å². The Morgan fingerprint density at radius 1 is 1.31 bits per heavy atom. The normalized spacial score (nSPS) is 11.1. The minimum absolute atomic E-state index is 0.793. The zero-order valence-corrected chi connectivity index (χ0v) is 9.14. The molecule has 3 aromatic heterocycles. The van der Waals surface area contributed by atoms with Crippen LogP contribution in [0.25, 0.3) is 16.9 Å². The molecule has 0 radical (unpaired) electrons. The van der Waals surface area contributed by atoms with Gasteiger partial charge in [-0.3, -0.25) is 0 Å². The lowest BCUT2D eigenvalue weighted by molar-refractivity contribution is 0.398. The molecule has 4 heteroatoms. The van der Waals surface area contributed by atoms with Gasteiger partial charge in [0.05, 0.1) is 17.5 Å². The van der Waals surface area contributed by atoms with Crippen molar-refractivity contribution < 1.29 is 4.52 Å². The first-order chi connectivity index (χ1) is 7.75. The first-order valence-electron chi connectivity index (χ1n) is 5.11. The van der Waals surface area contributed by atoms with Crippen LogP contribution in [0.1, 0.15) is 11.3 Å². The molecule has 0 atom stereocenters. The lowest BCUT2D eigenvalue weighted by Crippen LogP contribution is -1.83. The summed E-state index contributed by atoms with van der Waals surface area (Å²) in [5.41, 5.74) is 3.97. The Hall–Kier alpha value is -2.10. The second-order valence-corrected chi connectivity index (χ2v) is 3.84. The average molecular weight is 213 g/mol. The second kappa shape index (κ2) is 3.20. The lowest BCUT2D eigenvalue weighted by Gasteiger charge is -1.93. The molecule has 3 aromatic rings. The molecule has 4 nitrogen and oxygen atoms in total. The number of aryl methyl sites for hydroxylation is 2. The van der Waals surface area contributed by atoms with Crippen molar-refractivity contribution in [3.05, 3.63) is 42.0 Å². The number of imidazole rings is 1. The number of pyridine rings is 1. The molecule has 0 spiro atoms. The van der Waals surface area contributed by atoms with E-state index in [1.807, 2.05) is 42.8 Å². The van der Waals surface area contributed by atoms with Gasteiger partial charge >= 0.3 is 0 Å². The Balaban J connectivity index is 2.27. The van der Waals surface area contributed by atoms with Crippen LogP contribution in [0.15, 0.2) is 35.2 Å². The Kier molecular flexibility index (Phi) is 1.83. The average Bonchev–Trinajstić information content (AvgIpc) is 2.84. The molecule has 0 saturated carbocycles. The van der Waals surface area contributed by atoms with E-state index in [-0.39, 0.29) is 0 Å². The van der Waals surface area contributed by atoms with Gasteiger partial charge in [0.2, 0.25) is 0 Å². The van der Waals surface area contributed by atoms with E-state index in [0.29, 0.717) is 0 Å². The van der Waals surface area contributed by atoms with E-state index in [4.69, 9.17) is 4.52 Å². The molecule has 0 aromatic carbocycles. The maximum atomic E-state index is 5.05. The fourth-order valence-electron chi connectivity index (χ4n) is 1.83. The molecule has 0 aliphatic carbocycles. The molecule has 0 amide bonds. The predicted octanol–water partition coefficient (Wildman–Crippen LogP) is 2.61. The van der Waals surface area contributed by atoms with Crippen LogP contribution in [0.5, 0.6) is 0 Å². The molecule has 0 aliphatic rings. The summed E-state index contributed by atoms with van der Waals surface area (Å²) in [6, 6.07) is 4.06. The van der Waals surface area contributed by atoms with Gasteiger partial charge in [0.25, 0.3) is 0 Å². The zero-order chi connectivity index (χ0) is 11.1. The van der Waals surface area contributed by atoms with Gasteiger partial charge in [-0.25, -0.2) is 4.98 Å². The molecule has 16 heavy (non-hydrogen) atoms. The summed E-state index contributed by atoms with van der Waals surface area (Å²) in [7, 11) is 0. The molecule has 0 N–H and O–H groups in total. The summed E-state index contributed by atoms with van der Waals surface area (Å²) in [5.74, 6) is 0.793. The zero-order valence-electron chi connectivity index (χ0n) is 9.14. The second-order valence-electron chi connectivity index (χ2n) is 3.84. The van der Waals surface area contributed by atoms with E-state index in [9.17, 15) is 0 Å². The summed E-state index contributed by atoms with van der Waals surface area (Å²) >= 11 is 0. The van der Waals surface area contributed by atoms with Gasteiger partial charge in [0, 0.05) is 12.4 Å². The summed E-state index contributed by atoms with van der Waals surface area (Å²) in [6.45, 7) is 3.94. The highest BCUT2D eigenvalue weighted by molar-refractivity contribution is 5.64. The van der Waals surface area contributed by atoms with Crippen molar-refractivity contribution in [1.82, 2.24) is 14.5 Å². The lowest BCUT2D eigenvalue weighted by atomic mass is 10.2. The highest BCUT2D eigenvalue weighted by Crippen LogP contribution is 2.23. The number of hydrogen-bond acceptors (Lipinski definition) is 3. The number of aromatic nitrogens is 3. The number of hydrogen-bond donors (Lipinski definition) is 0. The van der Waals surface area contributed by atoms with Crippen molar-refractivity contribution in [3.63, 3.8) is 0 Å². The fraction of sp³-hybridized carbons (Fsp3) is 0.167. The van der Waals surface area contributed by atoms with Crippen LogP contribution in [0.4, 0.5) is 0 Å². The minimum Gasteiger partial charge on any atom is -0.361 e. The van der Waals surface area contributed by atoms with E-state index in [0.717, 1.165) is 28.2 Å². The molecule has 0 saturated heterocycles. The Morgan fingerprint density at radius 2 is 2.19 bits per heavy atom. The van der Waals surface area contributed by atoms with Crippen molar-refractivity contribution in [2.24, 2.45) is 0 Å². The molecule has 3 heterocycles. The third kappa shape index (κ3) is 1.23. The Labute approximate surface area is 92.5 Å². The maximum absolute atomic E-state index is 5.05. The maximum Gasteiger partial charge on any atom is 0.143 e. The standard InChI is InChI=1S/C12H11N3O/c1-8-4-3-5-15-7-11(14-12(8)15)10-6-13-16-9(10)2/h3-7H,1-2H3. The Bertz CT molecular complexity index is 651. The summed E-state index contributed by atoms with van der Waals surface area (Å²) in [4.78, 5) is 4.58. The minimum atomic E-state index is 0.793. The summed E-state index contributed by atoms with van der Waals surface area (Å²) < 4.78 is 7.06. The van der Waals surface area contributed by atoms with Crippen molar-refractivity contribution in [2.75, 3.05) is 0 Å². The molecule has 3 rings (SSSR count). The van der Waals surface area contributed by atoms with Crippen LogP contribution in [0.2, 0.25) is 0 Å². The summed E-state index contributed by atoms with van der Waals surface area (Å²) in [6.07, 6.45) is 5.68. The number of rotatable bonds is 1. The molecule has 0 bridgehead atoms. The Morgan fingerprint density at radius 3 is 2.88 bits per heavy atom. The topological polar surface area (TPSA) is 43.3 Å². The van der Waals surface area contributed by atoms with Gasteiger partial charge in [-0.05, 0) is 25.5 Å². The largest absolute Gasteiger partial charge is 0.361 e. The van der Waals surface area contributed by atoms with E-state index in [1.165, 1.54) is 0 Å². The SMILES string of the molecule is Cc1oncc1-c1cn2cccc(C)c2n1. The van der Waals surface area contributed by atoms with Gasteiger partial charge in [-0.1, -0.05) is 11.2 Å². The first kappa shape index (κ1) is 9.15. The van der Waals surface area contributed by atoms with Crippen LogP contribution in [-0.4, -0.2) is 14.5 Å². The van der Waals surface area contributed by atoms with Crippen LogP contribution in [0, 0.1) is 13.8 Å². The van der Waals surface area contributed by atoms with E-state index in [1.54, 1.807) is 6.20 Å². The summed E-state index contributed by atoms with van der Waals surface area (Å²) in [5, 5.41) is 3.77. The quantitative estimate of drug-likeness (QED) is 0.624. The van der Waals surface area contributed by atoms with Gasteiger partial charge in [0.15, 0.2) is 0 Å². The van der Waals surface area contributed by atoms with Crippen molar-refractivity contribution >= 4 is 5.65 Å². The molecule has 80 valence electrons. The highest BCUT2D eigenvalue weighted by atomic mass is 16.5. The molecular weight excluding hydrogens is 202 g/mol. The van der Waals surface area contributed by atoms with E-state index >= 15 is 0 Å². The van der Waals surface area contributed by atoms with Gasteiger partial charge in [-0.15, -0.1) is 0 Å². The van der Waals surface area contributed by atoms with Crippen LogP contribution in [-0.2, 0) is 0 Å². The molecule has 0 aliphatic heterocycles. The van der Waals surface area contributed by atoms with E-state index < -0.39 is 0 Å². The smallest absolute Gasteiger partial charge is 0.143 e. The van der Waals surface area contributed by atoms with Crippen LogP contribution < -0.4 is 0 Å². The van der Waals surface area contributed by atoms with Gasteiger partial charge in [0.1, 0.15) is 11.4 Å². The van der Waals surface area contributed by atoms with Crippen molar-refractivity contribution in [3.8, 4) is 11.3 Å². The highest BCUT2D eigenvalue weighted by Gasteiger charge is 2.10. The predicted molar refractivity (Wildman–Crippen MR) is 60.2 cm³/mol. The third-order valence-electron chi connectivity index (χ3n) is 2.70. The number of fused-ring (bicyclic) bond motifs is 1. The van der Waals surface area contributed by atoms with Crippen molar-refractivity contribution in [1.29, 1.82) is 0 Å². The van der Waals surface area contributed by atoms with Crippen LogP contribution in [0.3, 0.4) is 0 Å². The monoisotopic (exact) mass is 213 g/mol. The first-order valence-corrected chi connectivity index (χ1v) is 5.11. The fourth-order valence-corrected chi connectivity index (χ4v) is 1.83.